The molecule has 0 saturated heterocycles. The summed E-state index contributed by atoms with van der Waals surface area (Å²) in [6, 6.07) is 9.53. The van der Waals surface area contributed by atoms with Crippen molar-refractivity contribution in [2.24, 2.45) is 0 Å². The molecule has 0 aliphatic rings. The van der Waals surface area contributed by atoms with E-state index in [0.29, 0.717) is 0 Å². The second kappa shape index (κ2) is 3.41. The van der Waals surface area contributed by atoms with Crippen molar-refractivity contribution >= 4 is 10.8 Å². The third-order valence-corrected chi connectivity index (χ3v) is 2.58. The molecule has 0 amide bonds. The Hall–Kier alpha value is -1.37. The average molecular weight is 188 g/mol. The van der Waals surface area contributed by atoms with Crippen LogP contribution in [0.5, 0.6) is 0 Å². The van der Waals surface area contributed by atoms with Crippen LogP contribution in [-0.4, -0.2) is 0 Å². The van der Waals surface area contributed by atoms with Crippen molar-refractivity contribution in [3.8, 4) is 0 Å². The molecular weight excluding hydrogens is 175 g/mol. The molecule has 0 nitrogen and oxygen atoms in total. The highest BCUT2D eigenvalue weighted by Gasteiger charge is 2.04. The number of hydrogen-bond donors (Lipinski definition) is 0. The molecule has 0 aliphatic carbocycles. The summed E-state index contributed by atoms with van der Waals surface area (Å²) < 4.78 is 13.4. The van der Waals surface area contributed by atoms with E-state index < -0.39 is 0 Å². The van der Waals surface area contributed by atoms with Crippen LogP contribution in [0.2, 0.25) is 0 Å². The van der Waals surface area contributed by atoms with Gasteiger partial charge in [0.2, 0.25) is 0 Å². The Labute approximate surface area is 83.4 Å². The van der Waals surface area contributed by atoms with Gasteiger partial charge in [0.25, 0.3) is 0 Å². The number of hydrogen-bond acceptors (Lipinski definition) is 0. The molecule has 0 bridgehead atoms. The molecule has 2 aromatic rings. The van der Waals surface area contributed by atoms with Gasteiger partial charge in [-0.3, -0.25) is 0 Å². The molecule has 1 heteroatoms. The number of fused-ring (bicyclic) bond motifs is 1. The third kappa shape index (κ3) is 1.39. The Bertz CT molecular complexity index is 472. The Morgan fingerprint density at radius 1 is 1.14 bits per heavy atom. The van der Waals surface area contributed by atoms with Crippen LogP contribution < -0.4 is 0 Å². The second-order valence-corrected chi connectivity index (χ2v) is 3.60. The van der Waals surface area contributed by atoms with Crippen LogP contribution in [0.1, 0.15) is 18.1 Å². The van der Waals surface area contributed by atoms with Gasteiger partial charge in [-0.05, 0) is 35.7 Å². The number of benzene rings is 2. The largest absolute Gasteiger partial charge is 0.207 e. The lowest BCUT2D eigenvalue weighted by atomic mass is 10.0. The van der Waals surface area contributed by atoms with E-state index in [1.807, 2.05) is 25.1 Å². The first-order valence-electron chi connectivity index (χ1n) is 4.90. The molecule has 0 N–H and O–H groups in total. The fraction of sp³-hybridized carbons (Fsp3) is 0.231. The Morgan fingerprint density at radius 2 is 1.93 bits per heavy atom. The predicted molar refractivity (Wildman–Crippen MR) is 58.0 cm³/mol. The van der Waals surface area contributed by atoms with Crippen LogP contribution in [0.3, 0.4) is 0 Å². The molecule has 0 fully saturated rings. The van der Waals surface area contributed by atoms with Crippen molar-refractivity contribution in [2.75, 3.05) is 0 Å². The fourth-order valence-electron chi connectivity index (χ4n) is 1.85. The van der Waals surface area contributed by atoms with Crippen molar-refractivity contribution < 1.29 is 4.39 Å². The van der Waals surface area contributed by atoms with E-state index in [1.54, 1.807) is 6.07 Å². The van der Waals surface area contributed by atoms with Crippen molar-refractivity contribution in [2.45, 2.75) is 20.3 Å². The lowest BCUT2D eigenvalue weighted by Crippen LogP contribution is -1.89. The molecule has 2 aromatic carbocycles. The smallest absolute Gasteiger partial charge is 0.127 e. The molecule has 72 valence electrons. The van der Waals surface area contributed by atoms with Crippen LogP contribution in [0.25, 0.3) is 10.8 Å². The highest BCUT2D eigenvalue weighted by atomic mass is 19.1. The lowest BCUT2D eigenvalue weighted by Gasteiger charge is -2.06. The summed E-state index contributed by atoms with van der Waals surface area (Å²) in [5, 5.41) is 2.17. The zero-order valence-corrected chi connectivity index (χ0v) is 8.47. The fourth-order valence-corrected chi connectivity index (χ4v) is 1.85. The maximum Gasteiger partial charge on any atom is 0.127 e. The monoisotopic (exact) mass is 188 g/mol. The standard InChI is InChI=1S/C13H13F/c1-3-11-12-6-4-9(2)8-10(12)5-7-13(11)14/h4-8H,3H2,1-2H3. The molecule has 0 unspecified atom stereocenters. The van der Waals surface area contributed by atoms with Gasteiger partial charge in [-0.25, -0.2) is 4.39 Å². The van der Waals surface area contributed by atoms with E-state index in [2.05, 4.69) is 13.0 Å². The molecule has 0 saturated carbocycles. The number of halogens is 1. The van der Waals surface area contributed by atoms with Crippen LogP contribution in [0.4, 0.5) is 4.39 Å². The molecule has 0 spiro atoms. The van der Waals surface area contributed by atoms with Crippen LogP contribution in [0.15, 0.2) is 30.3 Å². The maximum atomic E-state index is 13.4. The summed E-state index contributed by atoms with van der Waals surface area (Å²) in [7, 11) is 0. The molecule has 2 rings (SSSR count). The molecular formula is C13H13F. The summed E-state index contributed by atoms with van der Waals surface area (Å²) in [5.41, 5.74) is 2.04. The van der Waals surface area contributed by atoms with Crippen molar-refractivity contribution in [3.63, 3.8) is 0 Å². The van der Waals surface area contributed by atoms with Crippen LogP contribution in [-0.2, 0) is 6.42 Å². The molecule has 0 aliphatic heterocycles. The first-order valence-corrected chi connectivity index (χ1v) is 4.90. The van der Waals surface area contributed by atoms with E-state index in [0.717, 1.165) is 22.8 Å². The minimum absolute atomic E-state index is 0.0937. The third-order valence-electron chi connectivity index (χ3n) is 2.58. The summed E-state index contributed by atoms with van der Waals surface area (Å²) in [5.74, 6) is -0.0937. The van der Waals surface area contributed by atoms with Gasteiger partial charge < -0.3 is 0 Å². The van der Waals surface area contributed by atoms with Gasteiger partial charge in [-0.2, -0.15) is 0 Å². The van der Waals surface area contributed by atoms with E-state index in [1.165, 1.54) is 5.56 Å². The van der Waals surface area contributed by atoms with Gasteiger partial charge in [0, 0.05) is 0 Å². The van der Waals surface area contributed by atoms with E-state index in [-0.39, 0.29) is 5.82 Å². The second-order valence-electron chi connectivity index (χ2n) is 3.60. The van der Waals surface area contributed by atoms with Crippen LogP contribution >= 0.6 is 0 Å². The predicted octanol–water partition coefficient (Wildman–Crippen LogP) is 3.85. The van der Waals surface area contributed by atoms with Crippen molar-refractivity contribution in [1.29, 1.82) is 0 Å². The van der Waals surface area contributed by atoms with Gasteiger partial charge in [0.05, 0.1) is 0 Å². The minimum atomic E-state index is -0.0937. The van der Waals surface area contributed by atoms with E-state index >= 15 is 0 Å². The zero-order valence-electron chi connectivity index (χ0n) is 8.47. The Balaban J connectivity index is 2.82. The molecule has 0 atom stereocenters. The van der Waals surface area contributed by atoms with Gasteiger partial charge >= 0.3 is 0 Å². The van der Waals surface area contributed by atoms with E-state index in [9.17, 15) is 4.39 Å². The first-order chi connectivity index (χ1) is 6.72. The highest BCUT2D eigenvalue weighted by molar-refractivity contribution is 5.86. The molecule has 0 heterocycles. The van der Waals surface area contributed by atoms with Crippen molar-refractivity contribution in [1.82, 2.24) is 0 Å². The minimum Gasteiger partial charge on any atom is -0.207 e. The van der Waals surface area contributed by atoms with Gasteiger partial charge in [0.15, 0.2) is 0 Å². The maximum absolute atomic E-state index is 13.4. The summed E-state index contributed by atoms with van der Waals surface area (Å²) in [6.45, 7) is 4.03. The Kier molecular flexibility index (Phi) is 2.24. The van der Waals surface area contributed by atoms with Gasteiger partial charge in [-0.1, -0.05) is 36.8 Å². The normalized spacial score (nSPS) is 10.8. The van der Waals surface area contributed by atoms with Gasteiger partial charge in [-0.15, -0.1) is 0 Å². The number of rotatable bonds is 1. The van der Waals surface area contributed by atoms with Crippen molar-refractivity contribution in [3.05, 3.63) is 47.3 Å². The summed E-state index contributed by atoms with van der Waals surface area (Å²) >= 11 is 0. The summed E-state index contributed by atoms with van der Waals surface area (Å²) in [6.07, 6.45) is 0.742. The molecule has 0 aromatic heterocycles. The summed E-state index contributed by atoms with van der Waals surface area (Å²) in [4.78, 5) is 0. The molecule has 14 heavy (non-hydrogen) atoms. The Morgan fingerprint density at radius 3 is 2.64 bits per heavy atom. The van der Waals surface area contributed by atoms with Crippen LogP contribution in [0, 0.1) is 12.7 Å². The lowest BCUT2D eigenvalue weighted by molar-refractivity contribution is 0.615. The number of aryl methyl sites for hydroxylation is 2. The van der Waals surface area contributed by atoms with Gasteiger partial charge in [0.1, 0.15) is 5.82 Å². The highest BCUT2D eigenvalue weighted by Crippen LogP contribution is 2.23. The topological polar surface area (TPSA) is 0 Å². The first kappa shape index (κ1) is 9.20. The average Bonchev–Trinajstić information content (AvgIpc) is 2.18. The SMILES string of the molecule is CCc1c(F)ccc2cc(C)ccc12. The zero-order chi connectivity index (χ0) is 10.1. The molecule has 0 radical (unpaired) electrons. The van der Waals surface area contributed by atoms with E-state index in [4.69, 9.17) is 0 Å². The quantitative estimate of drug-likeness (QED) is 0.637.